The molecule has 5 heteroatoms. The smallest absolute Gasteiger partial charge is 0.231 e. The van der Waals surface area contributed by atoms with Crippen molar-refractivity contribution in [3.63, 3.8) is 0 Å². The Balaban J connectivity index is 0.00000158. The third-order valence-electron chi connectivity index (χ3n) is 7.22. The lowest BCUT2D eigenvalue weighted by atomic mass is 9.79. The van der Waals surface area contributed by atoms with E-state index in [0.717, 1.165) is 63.8 Å². The lowest BCUT2D eigenvalue weighted by molar-refractivity contribution is -0.123. The van der Waals surface area contributed by atoms with Crippen molar-refractivity contribution in [3.05, 3.63) is 54.7 Å². The maximum atomic E-state index is 13.5. The molecule has 0 radical (unpaired) electrons. The van der Waals surface area contributed by atoms with Gasteiger partial charge >= 0.3 is 0 Å². The Labute approximate surface area is 207 Å². The highest BCUT2D eigenvalue weighted by Crippen LogP contribution is 2.33. The van der Waals surface area contributed by atoms with Crippen molar-refractivity contribution < 1.29 is 4.79 Å². The van der Waals surface area contributed by atoms with E-state index in [4.69, 9.17) is 0 Å². The van der Waals surface area contributed by atoms with Gasteiger partial charge in [0.15, 0.2) is 0 Å². The van der Waals surface area contributed by atoms with Gasteiger partial charge in [0.05, 0.1) is 0 Å². The summed E-state index contributed by atoms with van der Waals surface area (Å²) >= 11 is 0. The molecular weight excluding hydrogens is 420 g/mol. The Bertz CT molecular complexity index is 813. The average molecular weight is 465 g/mol. The maximum absolute atomic E-state index is 13.5. The Morgan fingerprint density at radius 2 is 1.62 bits per heavy atom. The van der Waals surface area contributed by atoms with Gasteiger partial charge in [0.1, 0.15) is 5.82 Å². The Hall–Kier alpha value is -2.40. The molecule has 2 aliphatic rings. The summed E-state index contributed by atoms with van der Waals surface area (Å²) in [7, 11) is 0. The summed E-state index contributed by atoms with van der Waals surface area (Å²) in [6.45, 7) is 12.0. The average Bonchev–Trinajstić information content (AvgIpc) is 2.92. The fourth-order valence-corrected chi connectivity index (χ4v) is 5.29. The number of hydrogen-bond acceptors (Lipinski definition) is 4. The summed E-state index contributed by atoms with van der Waals surface area (Å²) in [5.41, 5.74) is 1.30. The molecule has 0 atom stereocenters. The molecule has 1 aliphatic carbocycles. The summed E-state index contributed by atoms with van der Waals surface area (Å²) in [4.78, 5) is 25.0. The number of carbonyl (C=O) groups excluding carboxylic acids is 1. The lowest BCUT2D eigenvalue weighted by Crippen LogP contribution is -2.50. The van der Waals surface area contributed by atoms with Gasteiger partial charge in [-0.3, -0.25) is 14.6 Å². The Kier molecular flexibility index (Phi) is 10.9. The number of hydrogen-bond donors (Lipinski definition) is 0. The zero-order valence-corrected chi connectivity index (χ0v) is 21.5. The fourth-order valence-electron chi connectivity index (χ4n) is 5.29. The fraction of sp³-hybridized carbons (Fsp3) is 0.586. The zero-order valence-electron chi connectivity index (χ0n) is 21.5. The van der Waals surface area contributed by atoms with Crippen molar-refractivity contribution in [3.8, 4) is 0 Å². The first-order valence-electron chi connectivity index (χ1n) is 13.5. The summed E-state index contributed by atoms with van der Waals surface area (Å²) < 4.78 is 0. The highest BCUT2D eigenvalue weighted by molar-refractivity contribution is 5.94. The van der Waals surface area contributed by atoms with Gasteiger partial charge in [-0.15, -0.1) is 0 Å². The molecule has 1 saturated heterocycles. The van der Waals surface area contributed by atoms with Gasteiger partial charge in [0, 0.05) is 57.1 Å². The van der Waals surface area contributed by atoms with Crippen LogP contribution >= 0.6 is 0 Å². The summed E-state index contributed by atoms with van der Waals surface area (Å²) in [6.07, 6.45) is 8.81. The van der Waals surface area contributed by atoms with Crippen molar-refractivity contribution in [1.82, 2.24) is 9.88 Å². The minimum atomic E-state index is 0.153. The van der Waals surface area contributed by atoms with Crippen molar-refractivity contribution >= 4 is 17.4 Å². The van der Waals surface area contributed by atoms with Crippen LogP contribution in [0.15, 0.2) is 54.7 Å². The van der Waals surface area contributed by atoms with E-state index in [1.165, 1.54) is 31.4 Å². The predicted molar refractivity (Wildman–Crippen MR) is 143 cm³/mol. The van der Waals surface area contributed by atoms with Gasteiger partial charge < -0.3 is 4.90 Å². The number of para-hydroxylation sites is 1. The van der Waals surface area contributed by atoms with Crippen LogP contribution in [0, 0.1) is 11.8 Å². The van der Waals surface area contributed by atoms with Crippen LogP contribution in [0.5, 0.6) is 0 Å². The second-order valence-corrected chi connectivity index (χ2v) is 9.35. The molecule has 5 nitrogen and oxygen atoms in total. The number of rotatable bonds is 8. The first kappa shape index (κ1) is 26.2. The van der Waals surface area contributed by atoms with Crippen molar-refractivity contribution in [2.45, 2.75) is 59.3 Å². The molecule has 1 amide bonds. The van der Waals surface area contributed by atoms with Crippen molar-refractivity contribution in [2.24, 2.45) is 11.8 Å². The molecular formula is C29H44N4O. The minimum absolute atomic E-state index is 0.153. The molecule has 1 aromatic heterocycles. The molecule has 186 valence electrons. The molecule has 1 saturated carbocycles. The molecule has 4 rings (SSSR count). The van der Waals surface area contributed by atoms with Crippen LogP contribution in [-0.4, -0.2) is 55.1 Å². The van der Waals surface area contributed by atoms with Crippen LogP contribution in [0.25, 0.3) is 0 Å². The highest BCUT2D eigenvalue weighted by Gasteiger charge is 2.30. The van der Waals surface area contributed by atoms with Gasteiger partial charge in [-0.1, -0.05) is 57.9 Å². The number of nitrogens with zero attached hydrogens (tertiary/aromatic N) is 4. The van der Waals surface area contributed by atoms with Crippen molar-refractivity contribution in [2.75, 3.05) is 49.1 Å². The van der Waals surface area contributed by atoms with E-state index in [-0.39, 0.29) is 11.8 Å². The lowest BCUT2D eigenvalue weighted by Gasteiger charge is -2.37. The third-order valence-corrected chi connectivity index (χ3v) is 7.22. The summed E-state index contributed by atoms with van der Waals surface area (Å²) in [5.74, 6) is 2.05. The van der Waals surface area contributed by atoms with Crippen LogP contribution < -0.4 is 9.80 Å². The second-order valence-electron chi connectivity index (χ2n) is 9.35. The number of benzene rings is 1. The van der Waals surface area contributed by atoms with E-state index in [9.17, 15) is 4.79 Å². The van der Waals surface area contributed by atoms with Crippen LogP contribution in [0.1, 0.15) is 59.3 Å². The van der Waals surface area contributed by atoms with Crippen LogP contribution in [0.4, 0.5) is 11.5 Å². The number of piperazine rings is 1. The summed E-state index contributed by atoms with van der Waals surface area (Å²) in [5, 5.41) is 0. The molecule has 2 heterocycles. The summed E-state index contributed by atoms with van der Waals surface area (Å²) in [6, 6.07) is 16.5. The molecule has 2 aromatic rings. The van der Waals surface area contributed by atoms with Crippen molar-refractivity contribution in [1.29, 1.82) is 0 Å². The Morgan fingerprint density at radius 1 is 0.941 bits per heavy atom. The number of anilines is 2. The van der Waals surface area contributed by atoms with E-state index in [2.05, 4.69) is 52.0 Å². The second kappa shape index (κ2) is 14.1. The van der Waals surface area contributed by atoms with E-state index < -0.39 is 0 Å². The monoisotopic (exact) mass is 464 g/mol. The van der Waals surface area contributed by atoms with E-state index >= 15 is 0 Å². The Morgan fingerprint density at radius 3 is 2.24 bits per heavy atom. The predicted octanol–water partition coefficient (Wildman–Crippen LogP) is 5.87. The van der Waals surface area contributed by atoms with E-state index in [1.807, 2.05) is 36.9 Å². The third kappa shape index (κ3) is 7.30. The van der Waals surface area contributed by atoms with Crippen LogP contribution in [0.3, 0.4) is 0 Å². The molecule has 34 heavy (non-hydrogen) atoms. The maximum Gasteiger partial charge on any atom is 0.231 e. The topological polar surface area (TPSA) is 39.7 Å². The highest BCUT2D eigenvalue weighted by atomic mass is 16.2. The quantitative estimate of drug-likeness (QED) is 0.490. The van der Waals surface area contributed by atoms with E-state index in [1.54, 1.807) is 6.20 Å². The molecule has 1 aliphatic heterocycles. The zero-order chi connectivity index (χ0) is 24.2. The molecule has 0 N–H and O–H groups in total. The van der Waals surface area contributed by atoms with Gasteiger partial charge in [0.2, 0.25) is 5.91 Å². The number of amides is 1. The van der Waals surface area contributed by atoms with Crippen LogP contribution in [-0.2, 0) is 4.79 Å². The van der Waals surface area contributed by atoms with E-state index in [0.29, 0.717) is 0 Å². The molecule has 2 fully saturated rings. The standard InChI is InChI=1S/C27H38N4O.C2H6/c1-2-8-23-12-14-24(15-13-23)27(32)31(26-11-6-7-16-28-26)22-19-29-17-20-30(21-18-29)25-9-4-3-5-10-25;1-2/h3-7,9-11,16,23-24H,2,8,12-15,17-22H2,1H3;1-2H3. The molecule has 0 bridgehead atoms. The largest absolute Gasteiger partial charge is 0.369 e. The SMILES string of the molecule is CC.CCCC1CCC(C(=O)N(CCN2CCN(c3ccccc3)CC2)c2ccccn2)CC1. The van der Waals surface area contributed by atoms with Gasteiger partial charge in [-0.05, 0) is 55.9 Å². The van der Waals surface area contributed by atoms with Gasteiger partial charge in [-0.25, -0.2) is 4.98 Å². The first-order chi connectivity index (χ1) is 16.7. The number of aromatic nitrogens is 1. The number of carbonyl (C=O) groups is 1. The normalized spacial score (nSPS) is 20.9. The molecule has 0 spiro atoms. The minimum Gasteiger partial charge on any atom is -0.369 e. The van der Waals surface area contributed by atoms with Gasteiger partial charge in [-0.2, -0.15) is 0 Å². The van der Waals surface area contributed by atoms with Gasteiger partial charge in [0.25, 0.3) is 0 Å². The van der Waals surface area contributed by atoms with Crippen LogP contribution in [0.2, 0.25) is 0 Å². The molecule has 1 aromatic carbocycles. The number of pyridine rings is 1. The molecule has 0 unspecified atom stereocenters. The first-order valence-corrected chi connectivity index (χ1v) is 13.5.